The Kier molecular flexibility index (Phi) is 6.73. The molecule has 0 spiro atoms. The number of carbonyl (C=O) groups excluding carboxylic acids is 2. The highest BCUT2D eigenvalue weighted by atomic mass is 32.2. The minimum atomic E-state index is -4.76. The van der Waals surface area contributed by atoms with E-state index in [1.165, 1.54) is 24.3 Å². The molecule has 144 valence electrons. The van der Waals surface area contributed by atoms with Gasteiger partial charge in [-0.1, -0.05) is 24.3 Å². The fourth-order valence-corrected chi connectivity index (χ4v) is 3.03. The summed E-state index contributed by atoms with van der Waals surface area (Å²) in [5, 5.41) is 2.78. The molecule has 0 aliphatic heterocycles. The van der Waals surface area contributed by atoms with Crippen LogP contribution >= 0.6 is 11.8 Å². The molecule has 9 heteroatoms. The predicted molar refractivity (Wildman–Crippen MR) is 95.4 cm³/mol. The van der Waals surface area contributed by atoms with Gasteiger partial charge >= 0.3 is 6.36 Å². The number of hydrogen-bond acceptors (Lipinski definition) is 4. The number of amides is 2. The van der Waals surface area contributed by atoms with E-state index in [4.69, 9.17) is 5.73 Å². The largest absolute Gasteiger partial charge is 0.573 e. The van der Waals surface area contributed by atoms with Crippen LogP contribution in [0.2, 0.25) is 0 Å². The summed E-state index contributed by atoms with van der Waals surface area (Å²) in [4.78, 5) is 24.1. The van der Waals surface area contributed by atoms with Gasteiger partial charge in [0, 0.05) is 4.90 Å². The van der Waals surface area contributed by atoms with Crippen molar-refractivity contribution in [2.75, 3.05) is 5.75 Å². The molecule has 27 heavy (non-hydrogen) atoms. The Balaban J connectivity index is 2.06. The first-order chi connectivity index (χ1) is 12.7. The van der Waals surface area contributed by atoms with Gasteiger partial charge in [-0.05, 0) is 36.8 Å². The molecule has 0 heterocycles. The summed E-state index contributed by atoms with van der Waals surface area (Å²) in [6, 6.07) is 11.6. The van der Waals surface area contributed by atoms with Crippen molar-refractivity contribution >= 4 is 23.6 Å². The summed E-state index contributed by atoms with van der Waals surface area (Å²) in [6.45, 7) is 1.71. The summed E-state index contributed by atoms with van der Waals surface area (Å²) in [5.41, 5.74) is 6.13. The van der Waals surface area contributed by atoms with E-state index in [1.807, 2.05) is 0 Å². The van der Waals surface area contributed by atoms with Gasteiger partial charge in [-0.25, -0.2) is 0 Å². The number of carbonyl (C=O) groups is 2. The molecular formula is C18H17F3N2O3S. The molecule has 0 aromatic heterocycles. The Morgan fingerprint density at radius 3 is 2.37 bits per heavy atom. The number of primary amides is 1. The van der Waals surface area contributed by atoms with Crippen LogP contribution in [0.4, 0.5) is 13.2 Å². The molecule has 0 aliphatic carbocycles. The number of alkyl halides is 3. The zero-order valence-corrected chi connectivity index (χ0v) is 15.1. The zero-order valence-electron chi connectivity index (χ0n) is 14.2. The first kappa shape index (κ1) is 20.6. The van der Waals surface area contributed by atoms with E-state index in [2.05, 4.69) is 10.1 Å². The van der Waals surface area contributed by atoms with Crippen LogP contribution in [0.5, 0.6) is 5.75 Å². The van der Waals surface area contributed by atoms with Gasteiger partial charge in [-0.3, -0.25) is 9.59 Å². The van der Waals surface area contributed by atoms with Crippen molar-refractivity contribution in [1.82, 2.24) is 5.32 Å². The SMILES string of the molecule is C[C@H](NC(=O)c1ccccc1SCC(N)=O)c1ccc(OC(F)(F)F)cc1. The quantitative estimate of drug-likeness (QED) is 0.698. The molecule has 1 atom stereocenters. The number of thioether (sulfide) groups is 1. The molecule has 0 unspecified atom stereocenters. The van der Waals surface area contributed by atoms with Crippen LogP contribution in [0.1, 0.15) is 28.9 Å². The summed E-state index contributed by atoms with van der Waals surface area (Å²) in [7, 11) is 0. The third kappa shape index (κ3) is 6.52. The maximum absolute atomic E-state index is 12.5. The molecule has 0 saturated heterocycles. The van der Waals surface area contributed by atoms with Crippen molar-refractivity contribution in [3.63, 3.8) is 0 Å². The fraction of sp³-hybridized carbons (Fsp3) is 0.222. The fourth-order valence-electron chi connectivity index (χ4n) is 2.24. The van der Waals surface area contributed by atoms with Gasteiger partial charge in [0.15, 0.2) is 0 Å². The van der Waals surface area contributed by atoms with Gasteiger partial charge in [-0.2, -0.15) is 0 Å². The molecule has 2 aromatic rings. The first-order valence-corrected chi connectivity index (χ1v) is 8.81. The number of benzene rings is 2. The lowest BCUT2D eigenvalue weighted by Crippen LogP contribution is -2.27. The van der Waals surface area contributed by atoms with Crippen molar-refractivity contribution in [1.29, 1.82) is 0 Å². The van der Waals surface area contributed by atoms with E-state index < -0.39 is 18.3 Å². The second kappa shape index (κ2) is 8.81. The second-order valence-electron chi connectivity index (χ2n) is 5.56. The van der Waals surface area contributed by atoms with Crippen molar-refractivity contribution in [3.05, 3.63) is 59.7 Å². The van der Waals surface area contributed by atoms with E-state index in [1.54, 1.807) is 31.2 Å². The molecule has 2 aromatic carbocycles. The predicted octanol–water partition coefficient (Wildman–Crippen LogP) is 3.65. The Hall–Kier alpha value is -2.68. The van der Waals surface area contributed by atoms with Gasteiger partial charge in [0.1, 0.15) is 5.75 Å². The summed E-state index contributed by atoms with van der Waals surface area (Å²) < 4.78 is 40.4. The van der Waals surface area contributed by atoms with E-state index in [0.717, 1.165) is 11.8 Å². The average molecular weight is 398 g/mol. The average Bonchev–Trinajstić information content (AvgIpc) is 2.59. The van der Waals surface area contributed by atoms with Gasteiger partial charge in [0.2, 0.25) is 5.91 Å². The summed E-state index contributed by atoms with van der Waals surface area (Å²) in [5.74, 6) is -1.16. The highest BCUT2D eigenvalue weighted by Gasteiger charge is 2.31. The van der Waals surface area contributed by atoms with Gasteiger partial charge in [0.05, 0.1) is 17.4 Å². The van der Waals surface area contributed by atoms with Crippen LogP contribution in [0.3, 0.4) is 0 Å². The standard InChI is InChI=1S/C18H17F3N2O3S/c1-11(12-6-8-13(9-7-12)26-18(19,20)21)23-17(25)14-4-2-3-5-15(14)27-10-16(22)24/h2-9,11H,10H2,1H3,(H2,22,24)(H,23,25)/t11-/m0/s1. The molecule has 0 aliphatic rings. The minimum Gasteiger partial charge on any atom is -0.406 e. The Morgan fingerprint density at radius 1 is 1.15 bits per heavy atom. The van der Waals surface area contributed by atoms with E-state index >= 15 is 0 Å². The number of rotatable bonds is 7. The van der Waals surface area contributed by atoms with Crippen molar-refractivity contribution in [2.45, 2.75) is 24.2 Å². The van der Waals surface area contributed by atoms with Gasteiger partial charge in [-0.15, -0.1) is 24.9 Å². The lowest BCUT2D eigenvalue weighted by Gasteiger charge is -2.16. The lowest BCUT2D eigenvalue weighted by molar-refractivity contribution is -0.274. The normalized spacial score (nSPS) is 12.3. The van der Waals surface area contributed by atoms with E-state index in [-0.39, 0.29) is 17.4 Å². The van der Waals surface area contributed by atoms with Crippen LogP contribution in [-0.2, 0) is 4.79 Å². The van der Waals surface area contributed by atoms with Crippen LogP contribution in [0.25, 0.3) is 0 Å². The van der Waals surface area contributed by atoms with E-state index in [0.29, 0.717) is 16.0 Å². The van der Waals surface area contributed by atoms with Crippen LogP contribution in [0.15, 0.2) is 53.4 Å². The second-order valence-corrected chi connectivity index (χ2v) is 6.58. The molecule has 0 radical (unpaired) electrons. The Morgan fingerprint density at radius 2 is 1.78 bits per heavy atom. The number of halogens is 3. The minimum absolute atomic E-state index is 0.0422. The maximum atomic E-state index is 12.5. The van der Waals surface area contributed by atoms with Gasteiger partial charge in [0.25, 0.3) is 5.91 Å². The van der Waals surface area contributed by atoms with Gasteiger partial charge < -0.3 is 15.8 Å². The third-order valence-electron chi connectivity index (χ3n) is 3.46. The topological polar surface area (TPSA) is 81.4 Å². The number of nitrogens with one attached hydrogen (secondary N) is 1. The summed E-state index contributed by atoms with van der Waals surface area (Å²) in [6.07, 6.45) is -4.76. The molecule has 5 nitrogen and oxygen atoms in total. The number of ether oxygens (including phenoxy) is 1. The lowest BCUT2D eigenvalue weighted by atomic mass is 10.1. The third-order valence-corrected chi connectivity index (χ3v) is 4.56. The van der Waals surface area contributed by atoms with Crippen molar-refractivity contribution in [3.8, 4) is 5.75 Å². The highest BCUT2D eigenvalue weighted by molar-refractivity contribution is 8.00. The number of hydrogen-bond donors (Lipinski definition) is 2. The Labute approximate surface area is 158 Å². The molecule has 2 amide bonds. The maximum Gasteiger partial charge on any atom is 0.573 e. The summed E-state index contributed by atoms with van der Waals surface area (Å²) >= 11 is 1.16. The highest BCUT2D eigenvalue weighted by Crippen LogP contribution is 2.26. The molecule has 3 N–H and O–H groups in total. The Bertz CT molecular complexity index is 810. The molecule has 0 bridgehead atoms. The first-order valence-electron chi connectivity index (χ1n) is 7.82. The van der Waals surface area contributed by atoms with Crippen molar-refractivity contribution < 1.29 is 27.5 Å². The smallest absolute Gasteiger partial charge is 0.406 e. The van der Waals surface area contributed by atoms with Crippen LogP contribution in [0, 0.1) is 0 Å². The van der Waals surface area contributed by atoms with E-state index in [9.17, 15) is 22.8 Å². The van der Waals surface area contributed by atoms with Crippen LogP contribution in [-0.4, -0.2) is 23.9 Å². The molecule has 0 saturated carbocycles. The number of nitrogens with two attached hydrogens (primary N) is 1. The molecule has 2 rings (SSSR count). The zero-order chi connectivity index (χ0) is 20.0. The monoisotopic (exact) mass is 398 g/mol. The molecule has 0 fully saturated rings. The van der Waals surface area contributed by atoms with Crippen LogP contribution < -0.4 is 15.8 Å². The molecular weight excluding hydrogens is 381 g/mol. The van der Waals surface area contributed by atoms with Crippen molar-refractivity contribution in [2.24, 2.45) is 5.73 Å².